The highest BCUT2D eigenvalue weighted by molar-refractivity contribution is 7.92. The number of aromatic nitrogens is 4. The molecule has 1 amide bonds. The Balaban J connectivity index is 1.25. The van der Waals surface area contributed by atoms with Crippen LogP contribution in [0.4, 0.5) is 5.95 Å². The molecule has 6 rings (SSSR count). The van der Waals surface area contributed by atoms with Crippen LogP contribution in [0.3, 0.4) is 0 Å². The third-order valence-electron chi connectivity index (χ3n) is 9.21. The van der Waals surface area contributed by atoms with E-state index in [-0.39, 0.29) is 52.3 Å². The monoisotopic (exact) mass is 699 g/mol. The Morgan fingerprint density at radius 3 is 2.46 bits per heavy atom. The number of benzene rings is 2. The summed E-state index contributed by atoms with van der Waals surface area (Å²) in [7, 11) is -4.25. The van der Waals surface area contributed by atoms with Gasteiger partial charge in [0.1, 0.15) is 6.61 Å². The largest absolute Gasteiger partial charge is 0.478 e. The third kappa shape index (κ3) is 7.76. The lowest BCUT2D eigenvalue weighted by Crippen LogP contribution is -2.36. The molecule has 1 saturated carbocycles. The van der Waals surface area contributed by atoms with Crippen LogP contribution < -0.4 is 14.8 Å². The van der Waals surface area contributed by atoms with Crippen molar-refractivity contribution in [2.75, 3.05) is 11.3 Å². The second-order valence-electron chi connectivity index (χ2n) is 13.7. The van der Waals surface area contributed by atoms with E-state index < -0.39 is 16.0 Å². The molecule has 2 aliphatic rings. The molecule has 50 heavy (non-hydrogen) atoms. The van der Waals surface area contributed by atoms with Gasteiger partial charge in [0.2, 0.25) is 11.8 Å². The molecule has 0 radical (unpaired) electrons. The standard InChI is InChI=1S/C36H41N7O6S/c1-21(2)43-19-29-32(33(43)44)39-26(18-38-29)17-37-25(16-36(5)12-13-36)20-49-30-15-28(31-22(3)8-6-9-23(31)4)40-35(41-30)42-50(47,48)27-11-7-10-24(14-27)34(45)46/h6-11,14-15,18,21,25,37H,12-13,16-17,19-20H2,1-5H3,(H,45,46)(H,40,41,42)/t25-/m1/s1. The van der Waals surface area contributed by atoms with Crippen LogP contribution in [0.1, 0.15) is 83.4 Å². The predicted octanol–water partition coefficient (Wildman–Crippen LogP) is 5.14. The van der Waals surface area contributed by atoms with E-state index in [1.165, 1.54) is 18.2 Å². The summed E-state index contributed by atoms with van der Waals surface area (Å²) in [5, 5.41) is 12.9. The molecule has 0 spiro atoms. The van der Waals surface area contributed by atoms with E-state index in [2.05, 4.69) is 36.9 Å². The van der Waals surface area contributed by atoms with Crippen molar-refractivity contribution in [3.05, 3.63) is 88.5 Å². The van der Waals surface area contributed by atoms with Crippen LogP contribution in [0.5, 0.6) is 5.88 Å². The molecule has 1 aliphatic carbocycles. The smallest absolute Gasteiger partial charge is 0.335 e. The number of fused-ring (bicyclic) bond motifs is 1. The van der Waals surface area contributed by atoms with E-state index in [9.17, 15) is 23.1 Å². The molecule has 0 bridgehead atoms. The van der Waals surface area contributed by atoms with Gasteiger partial charge >= 0.3 is 5.97 Å². The second kappa shape index (κ2) is 13.8. The van der Waals surface area contributed by atoms with E-state index in [0.29, 0.717) is 35.9 Å². The number of aromatic carboxylic acids is 1. The molecular weight excluding hydrogens is 659 g/mol. The summed E-state index contributed by atoms with van der Waals surface area (Å²) in [5.41, 5.74) is 4.87. The number of anilines is 1. The lowest BCUT2D eigenvalue weighted by Gasteiger charge is -2.22. The summed E-state index contributed by atoms with van der Waals surface area (Å²) in [5.74, 6) is -1.41. The minimum Gasteiger partial charge on any atom is -0.478 e. The van der Waals surface area contributed by atoms with Gasteiger partial charge in [-0.2, -0.15) is 4.98 Å². The van der Waals surface area contributed by atoms with Crippen LogP contribution in [0.15, 0.2) is 59.6 Å². The number of hydrogen-bond acceptors (Lipinski definition) is 10. The average molecular weight is 700 g/mol. The molecule has 1 atom stereocenters. The quantitative estimate of drug-likeness (QED) is 0.159. The van der Waals surface area contributed by atoms with Crippen LogP contribution in [-0.2, 0) is 23.1 Å². The number of ether oxygens (including phenoxy) is 1. The fourth-order valence-electron chi connectivity index (χ4n) is 6.11. The van der Waals surface area contributed by atoms with Crippen molar-refractivity contribution < 1.29 is 27.9 Å². The maximum Gasteiger partial charge on any atom is 0.335 e. The van der Waals surface area contributed by atoms with E-state index in [1.54, 1.807) is 17.2 Å². The molecule has 13 nitrogen and oxygen atoms in total. The van der Waals surface area contributed by atoms with Gasteiger partial charge in [-0.1, -0.05) is 31.2 Å². The number of carbonyl (C=O) groups excluding carboxylic acids is 1. The molecule has 2 aromatic carbocycles. The first-order valence-electron chi connectivity index (χ1n) is 16.6. The highest BCUT2D eigenvalue weighted by atomic mass is 32.2. The summed E-state index contributed by atoms with van der Waals surface area (Å²) in [4.78, 5) is 44.1. The Hall–Kier alpha value is -4.95. The first-order chi connectivity index (χ1) is 23.7. The third-order valence-corrected chi connectivity index (χ3v) is 10.5. The van der Waals surface area contributed by atoms with E-state index >= 15 is 0 Å². The molecule has 262 valence electrons. The van der Waals surface area contributed by atoms with E-state index in [4.69, 9.17) is 4.74 Å². The van der Waals surface area contributed by atoms with Crippen molar-refractivity contribution in [2.45, 2.75) is 83.9 Å². The lowest BCUT2D eigenvalue weighted by molar-refractivity contribution is 0.0694. The summed E-state index contributed by atoms with van der Waals surface area (Å²) in [6, 6.07) is 12.5. The van der Waals surface area contributed by atoms with Gasteiger partial charge in [0.25, 0.3) is 15.9 Å². The van der Waals surface area contributed by atoms with Gasteiger partial charge in [-0.05, 0) is 81.7 Å². The van der Waals surface area contributed by atoms with Gasteiger partial charge in [-0.15, -0.1) is 0 Å². The van der Waals surface area contributed by atoms with Crippen molar-refractivity contribution in [3.63, 3.8) is 0 Å². The predicted molar refractivity (Wildman–Crippen MR) is 186 cm³/mol. The highest BCUT2D eigenvalue weighted by Gasteiger charge is 2.39. The van der Waals surface area contributed by atoms with Crippen LogP contribution >= 0.6 is 0 Å². The second-order valence-corrected chi connectivity index (χ2v) is 15.4. The average Bonchev–Trinajstić information content (AvgIpc) is 3.70. The summed E-state index contributed by atoms with van der Waals surface area (Å²) in [6.45, 7) is 11.1. The Kier molecular flexibility index (Phi) is 9.60. The number of carboxylic acid groups (broad SMARTS) is 1. The number of nitrogens with zero attached hydrogens (tertiary/aromatic N) is 5. The SMILES string of the molecule is Cc1cccc(C)c1-c1cc(OC[C@@H](CC2(C)CC2)NCc2cnc3c(n2)C(=O)N(C(C)C)C3)nc(NS(=O)(=O)c2cccc(C(=O)O)c2)n1. The number of aryl methyl sites for hydroxylation is 2. The summed E-state index contributed by atoms with van der Waals surface area (Å²) < 4.78 is 35.5. The number of sulfonamides is 1. The molecular formula is C36H41N7O6S. The highest BCUT2D eigenvalue weighted by Crippen LogP contribution is 2.49. The van der Waals surface area contributed by atoms with Gasteiger partial charge < -0.3 is 20.1 Å². The van der Waals surface area contributed by atoms with Crippen molar-refractivity contribution >= 4 is 27.8 Å². The zero-order chi connectivity index (χ0) is 35.8. The molecule has 14 heteroatoms. The zero-order valence-electron chi connectivity index (χ0n) is 28.7. The minimum absolute atomic E-state index is 0.0527. The minimum atomic E-state index is -4.25. The Bertz CT molecular complexity index is 2050. The van der Waals surface area contributed by atoms with Gasteiger partial charge in [0, 0.05) is 30.3 Å². The van der Waals surface area contributed by atoms with Gasteiger partial charge in [-0.25, -0.2) is 27.9 Å². The number of carboxylic acids is 1. The maximum atomic E-state index is 13.4. The number of amides is 1. The van der Waals surface area contributed by atoms with Crippen molar-refractivity contribution in [1.29, 1.82) is 0 Å². The van der Waals surface area contributed by atoms with Gasteiger partial charge in [0.15, 0.2) is 5.69 Å². The molecule has 1 fully saturated rings. The molecule has 0 unspecified atom stereocenters. The lowest BCUT2D eigenvalue weighted by atomic mass is 9.99. The van der Waals surface area contributed by atoms with Crippen molar-refractivity contribution in [1.82, 2.24) is 30.2 Å². The number of nitrogens with one attached hydrogen (secondary N) is 2. The molecule has 1 aliphatic heterocycles. The Labute approximate surface area is 291 Å². The molecule has 0 saturated heterocycles. The van der Waals surface area contributed by atoms with Crippen LogP contribution in [0.25, 0.3) is 11.3 Å². The van der Waals surface area contributed by atoms with E-state index in [1.807, 2.05) is 45.9 Å². The Morgan fingerprint density at radius 2 is 1.78 bits per heavy atom. The normalized spacial score (nSPS) is 15.6. The van der Waals surface area contributed by atoms with E-state index in [0.717, 1.165) is 42.0 Å². The molecule has 3 heterocycles. The topological polar surface area (TPSA) is 177 Å². The molecule has 3 N–H and O–H groups in total. The van der Waals surface area contributed by atoms with Crippen LogP contribution in [0, 0.1) is 19.3 Å². The summed E-state index contributed by atoms with van der Waals surface area (Å²) >= 11 is 0. The number of hydrogen-bond donors (Lipinski definition) is 3. The fraction of sp³-hybridized carbons (Fsp3) is 0.389. The number of rotatable bonds is 14. The fourth-order valence-corrected chi connectivity index (χ4v) is 7.10. The summed E-state index contributed by atoms with van der Waals surface area (Å²) in [6.07, 6.45) is 4.72. The number of carbonyl (C=O) groups is 2. The van der Waals surface area contributed by atoms with Gasteiger partial charge in [0.05, 0.1) is 40.3 Å². The maximum absolute atomic E-state index is 13.4. The first-order valence-corrected chi connectivity index (χ1v) is 18.0. The Morgan fingerprint density at radius 1 is 1.06 bits per heavy atom. The van der Waals surface area contributed by atoms with Crippen LogP contribution in [0.2, 0.25) is 0 Å². The molecule has 2 aromatic heterocycles. The first kappa shape index (κ1) is 34.9. The van der Waals surface area contributed by atoms with Crippen LogP contribution in [-0.4, -0.2) is 68.9 Å². The molecule has 4 aromatic rings. The van der Waals surface area contributed by atoms with Gasteiger partial charge in [-0.3, -0.25) is 9.78 Å². The van der Waals surface area contributed by atoms with Crippen molar-refractivity contribution in [2.24, 2.45) is 5.41 Å². The van der Waals surface area contributed by atoms with Crippen molar-refractivity contribution in [3.8, 4) is 17.1 Å². The zero-order valence-corrected chi connectivity index (χ0v) is 29.5.